The highest BCUT2D eigenvalue weighted by atomic mass is 16.2. The van der Waals surface area contributed by atoms with Gasteiger partial charge in [0, 0.05) is 20.0 Å². The molecule has 3 heteroatoms. The van der Waals surface area contributed by atoms with E-state index >= 15 is 0 Å². The van der Waals surface area contributed by atoms with Gasteiger partial charge in [-0.1, -0.05) is 54.6 Å². The number of hydrogen-bond donors (Lipinski definition) is 1. The summed E-state index contributed by atoms with van der Waals surface area (Å²) in [4.78, 5) is 14.4. The fourth-order valence-corrected chi connectivity index (χ4v) is 3.59. The minimum Gasteiger partial charge on any atom is -0.341 e. The number of benzene rings is 2. The van der Waals surface area contributed by atoms with E-state index in [2.05, 4.69) is 53.8 Å². The molecule has 132 valence electrons. The van der Waals surface area contributed by atoms with Crippen molar-refractivity contribution in [1.29, 1.82) is 0 Å². The second-order valence-corrected chi connectivity index (χ2v) is 7.01. The molecule has 25 heavy (non-hydrogen) atoms. The molecular weight excluding hydrogens is 308 g/mol. The Labute approximate surface area is 151 Å². The van der Waals surface area contributed by atoms with Crippen LogP contribution >= 0.6 is 0 Å². The summed E-state index contributed by atoms with van der Waals surface area (Å²) in [5, 5.41) is 3.38. The third-order valence-corrected chi connectivity index (χ3v) is 5.16. The standard InChI is InChI=1S/C22H28N2O/c1-24(22(25)12-11-18-13-15-23-16-14-18)17-20-9-5-6-10-21(20)19-7-3-2-4-8-19/h2-10,18,23H,11-17H2,1H3. The summed E-state index contributed by atoms with van der Waals surface area (Å²) in [6, 6.07) is 18.8. The van der Waals surface area contributed by atoms with Crippen molar-refractivity contribution in [3.05, 3.63) is 60.2 Å². The molecule has 2 aromatic carbocycles. The third kappa shape index (κ3) is 4.93. The predicted molar refractivity (Wildman–Crippen MR) is 103 cm³/mol. The molecule has 0 radical (unpaired) electrons. The van der Waals surface area contributed by atoms with Crippen molar-refractivity contribution >= 4 is 5.91 Å². The van der Waals surface area contributed by atoms with E-state index in [0.29, 0.717) is 18.9 Å². The molecule has 0 saturated carbocycles. The average Bonchev–Trinajstić information content (AvgIpc) is 2.68. The zero-order valence-corrected chi connectivity index (χ0v) is 15.1. The van der Waals surface area contributed by atoms with Crippen LogP contribution in [0.25, 0.3) is 11.1 Å². The number of nitrogens with zero attached hydrogens (tertiary/aromatic N) is 1. The molecule has 1 heterocycles. The molecule has 0 aliphatic carbocycles. The van der Waals surface area contributed by atoms with E-state index in [4.69, 9.17) is 0 Å². The summed E-state index contributed by atoms with van der Waals surface area (Å²) >= 11 is 0. The average molecular weight is 336 g/mol. The highest BCUT2D eigenvalue weighted by Gasteiger charge is 2.17. The maximum atomic E-state index is 12.5. The first-order valence-corrected chi connectivity index (χ1v) is 9.32. The first-order chi connectivity index (χ1) is 12.2. The molecule has 1 aliphatic heterocycles. The van der Waals surface area contributed by atoms with Crippen LogP contribution in [0, 0.1) is 5.92 Å². The van der Waals surface area contributed by atoms with Crippen molar-refractivity contribution in [3.8, 4) is 11.1 Å². The summed E-state index contributed by atoms with van der Waals surface area (Å²) in [5.74, 6) is 0.955. The Morgan fingerprint density at radius 3 is 2.48 bits per heavy atom. The highest BCUT2D eigenvalue weighted by molar-refractivity contribution is 5.76. The van der Waals surface area contributed by atoms with Gasteiger partial charge < -0.3 is 10.2 Å². The Hall–Kier alpha value is -2.13. The lowest BCUT2D eigenvalue weighted by Gasteiger charge is -2.24. The minimum atomic E-state index is 0.251. The fraction of sp³-hybridized carbons (Fsp3) is 0.409. The molecule has 0 atom stereocenters. The smallest absolute Gasteiger partial charge is 0.222 e. The third-order valence-electron chi connectivity index (χ3n) is 5.16. The van der Waals surface area contributed by atoms with Gasteiger partial charge in [-0.3, -0.25) is 4.79 Å². The van der Waals surface area contributed by atoms with Crippen LogP contribution in [0.3, 0.4) is 0 Å². The number of hydrogen-bond acceptors (Lipinski definition) is 2. The van der Waals surface area contributed by atoms with Crippen LogP contribution in [-0.2, 0) is 11.3 Å². The monoisotopic (exact) mass is 336 g/mol. The normalized spacial score (nSPS) is 15.1. The van der Waals surface area contributed by atoms with Crippen molar-refractivity contribution in [3.63, 3.8) is 0 Å². The Kier molecular flexibility index (Phi) is 6.24. The molecule has 1 saturated heterocycles. The molecule has 0 spiro atoms. The summed E-state index contributed by atoms with van der Waals surface area (Å²) in [6.07, 6.45) is 4.08. The topological polar surface area (TPSA) is 32.3 Å². The van der Waals surface area contributed by atoms with Crippen molar-refractivity contribution in [2.45, 2.75) is 32.2 Å². The molecule has 0 aromatic heterocycles. The Morgan fingerprint density at radius 2 is 1.72 bits per heavy atom. The summed E-state index contributed by atoms with van der Waals surface area (Å²) in [7, 11) is 1.92. The second kappa shape index (κ2) is 8.82. The van der Waals surface area contributed by atoms with Crippen LogP contribution in [0.5, 0.6) is 0 Å². The van der Waals surface area contributed by atoms with Gasteiger partial charge in [0.25, 0.3) is 0 Å². The van der Waals surface area contributed by atoms with E-state index in [1.165, 1.54) is 29.5 Å². The highest BCUT2D eigenvalue weighted by Crippen LogP contribution is 2.25. The van der Waals surface area contributed by atoms with Crippen LogP contribution < -0.4 is 5.32 Å². The van der Waals surface area contributed by atoms with Gasteiger partial charge in [0.05, 0.1) is 0 Å². The lowest BCUT2D eigenvalue weighted by molar-refractivity contribution is -0.130. The maximum absolute atomic E-state index is 12.5. The van der Waals surface area contributed by atoms with Gasteiger partial charge in [0.15, 0.2) is 0 Å². The van der Waals surface area contributed by atoms with Gasteiger partial charge in [0.2, 0.25) is 5.91 Å². The van der Waals surface area contributed by atoms with E-state index < -0.39 is 0 Å². The number of piperidine rings is 1. The molecular formula is C22H28N2O. The van der Waals surface area contributed by atoms with Gasteiger partial charge in [-0.25, -0.2) is 0 Å². The van der Waals surface area contributed by atoms with Crippen LogP contribution in [0.1, 0.15) is 31.2 Å². The number of carbonyl (C=O) groups is 1. The van der Waals surface area contributed by atoms with Crippen LogP contribution in [0.15, 0.2) is 54.6 Å². The Balaban J connectivity index is 1.61. The SMILES string of the molecule is CN(Cc1ccccc1-c1ccccc1)C(=O)CCC1CCNCC1. The van der Waals surface area contributed by atoms with Gasteiger partial charge >= 0.3 is 0 Å². The van der Waals surface area contributed by atoms with E-state index in [1.54, 1.807) is 0 Å². The minimum absolute atomic E-state index is 0.251. The fourth-order valence-electron chi connectivity index (χ4n) is 3.59. The number of rotatable bonds is 6. The molecule has 1 amide bonds. The van der Waals surface area contributed by atoms with Crippen LogP contribution in [-0.4, -0.2) is 30.9 Å². The van der Waals surface area contributed by atoms with Gasteiger partial charge in [-0.2, -0.15) is 0 Å². The van der Waals surface area contributed by atoms with E-state index in [1.807, 2.05) is 18.0 Å². The first-order valence-electron chi connectivity index (χ1n) is 9.32. The lowest BCUT2D eigenvalue weighted by Crippen LogP contribution is -2.30. The predicted octanol–water partition coefficient (Wildman–Crippen LogP) is 4.09. The first kappa shape index (κ1) is 17.7. The lowest BCUT2D eigenvalue weighted by atomic mass is 9.93. The van der Waals surface area contributed by atoms with Gasteiger partial charge in [-0.05, 0) is 55.0 Å². The van der Waals surface area contributed by atoms with Crippen molar-refractivity contribution in [1.82, 2.24) is 10.2 Å². The van der Waals surface area contributed by atoms with Crippen molar-refractivity contribution in [2.24, 2.45) is 5.92 Å². The molecule has 1 fully saturated rings. The Bertz CT molecular complexity index is 677. The molecule has 2 aromatic rings. The zero-order chi connectivity index (χ0) is 17.5. The molecule has 0 unspecified atom stereocenters. The van der Waals surface area contributed by atoms with E-state index in [-0.39, 0.29) is 5.91 Å². The maximum Gasteiger partial charge on any atom is 0.222 e. The van der Waals surface area contributed by atoms with Gasteiger partial charge in [0.1, 0.15) is 0 Å². The van der Waals surface area contributed by atoms with Crippen molar-refractivity contribution in [2.75, 3.05) is 20.1 Å². The van der Waals surface area contributed by atoms with Crippen LogP contribution in [0.2, 0.25) is 0 Å². The van der Waals surface area contributed by atoms with E-state index in [9.17, 15) is 4.79 Å². The molecule has 1 N–H and O–H groups in total. The largest absolute Gasteiger partial charge is 0.341 e. The summed E-state index contributed by atoms with van der Waals surface area (Å²) in [6.45, 7) is 2.86. The zero-order valence-electron chi connectivity index (χ0n) is 15.1. The Morgan fingerprint density at radius 1 is 1.04 bits per heavy atom. The molecule has 0 bridgehead atoms. The van der Waals surface area contributed by atoms with Crippen molar-refractivity contribution < 1.29 is 4.79 Å². The molecule has 3 nitrogen and oxygen atoms in total. The number of amides is 1. The number of nitrogens with one attached hydrogen (secondary N) is 1. The van der Waals surface area contributed by atoms with Crippen LogP contribution in [0.4, 0.5) is 0 Å². The number of carbonyl (C=O) groups excluding carboxylic acids is 1. The quantitative estimate of drug-likeness (QED) is 0.861. The van der Waals surface area contributed by atoms with E-state index in [0.717, 1.165) is 19.5 Å². The summed E-state index contributed by atoms with van der Waals surface area (Å²) in [5.41, 5.74) is 3.61. The second-order valence-electron chi connectivity index (χ2n) is 7.01. The van der Waals surface area contributed by atoms with Gasteiger partial charge in [-0.15, -0.1) is 0 Å². The molecule has 1 aliphatic rings. The molecule has 3 rings (SSSR count). The summed E-state index contributed by atoms with van der Waals surface area (Å²) < 4.78 is 0.